The molecule has 0 bridgehead atoms. The molecule has 0 radical (unpaired) electrons. The zero-order chi connectivity index (χ0) is 12.4. The van der Waals surface area contributed by atoms with Crippen molar-refractivity contribution in [3.8, 4) is 0 Å². The molecule has 1 N–H and O–H groups in total. The van der Waals surface area contributed by atoms with E-state index in [9.17, 15) is 0 Å². The van der Waals surface area contributed by atoms with Crippen LogP contribution in [0.4, 0.5) is 5.69 Å². The van der Waals surface area contributed by atoms with E-state index in [1.165, 1.54) is 0 Å². The fourth-order valence-corrected chi connectivity index (χ4v) is 2.15. The van der Waals surface area contributed by atoms with Gasteiger partial charge in [0.1, 0.15) is 5.82 Å². The second-order valence-corrected chi connectivity index (χ2v) is 5.02. The third-order valence-corrected chi connectivity index (χ3v) is 3.36. The summed E-state index contributed by atoms with van der Waals surface area (Å²) < 4.78 is 2.90. The molecule has 0 amide bonds. The Kier molecular flexibility index (Phi) is 3.69. The molecule has 0 fully saturated rings. The molecule has 0 unspecified atom stereocenters. The van der Waals surface area contributed by atoms with Gasteiger partial charge >= 0.3 is 0 Å². The summed E-state index contributed by atoms with van der Waals surface area (Å²) in [6, 6.07) is 5.72. The van der Waals surface area contributed by atoms with E-state index in [0.717, 1.165) is 21.8 Å². The Morgan fingerprint density at radius 2 is 2.18 bits per heavy atom. The lowest BCUT2D eigenvalue weighted by Gasteiger charge is -2.08. The van der Waals surface area contributed by atoms with Crippen LogP contribution in [0, 0.1) is 6.92 Å². The van der Waals surface area contributed by atoms with E-state index in [4.69, 9.17) is 11.6 Å². The number of benzene rings is 1. The summed E-state index contributed by atoms with van der Waals surface area (Å²) in [4.78, 5) is 0. The number of hydrogen-bond acceptors (Lipinski definition) is 3. The van der Waals surface area contributed by atoms with Gasteiger partial charge in [0.25, 0.3) is 0 Å². The highest BCUT2D eigenvalue weighted by molar-refractivity contribution is 9.10. The Bertz CT molecular complexity index is 538. The lowest BCUT2D eigenvalue weighted by molar-refractivity contribution is 0.789. The van der Waals surface area contributed by atoms with Gasteiger partial charge in [-0.05, 0) is 25.1 Å². The maximum absolute atomic E-state index is 6.11. The normalized spacial score (nSPS) is 10.6. The van der Waals surface area contributed by atoms with Gasteiger partial charge < -0.3 is 9.88 Å². The van der Waals surface area contributed by atoms with E-state index in [0.29, 0.717) is 11.6 Å². The SMILES string of the molecule is Cc1nnc(CNc2ccc(Br)cc2Cl)n1C. The van der Waals surface area contributed by atoms with Crippen LogP contribution in [0.5, 0.6) is 0 Å². The number of nitrogens with one attached hydrogen (secondary N) is 1. The van der Waals surface area contributed by atoms with Gasteiger partial charge in [0.2, 0.25) is 0 Å². The first-order valence-corrected chi connectivity index (χ1v) is 6.29. The first-order valence-electron chi connectivity index (χ1n) is 5.11. The summed E-state index contributed by atoms with van der Waals surface area (Å²) in [5.74, 6) is 1.77. The molecule has 2 rings (SSSR count). The van der Waals surface area contributed by atoms with Gasteiger partial charge in [0.15, 0.2) is 5.82 Å². The predicted octanol–water partition coefficient (Wildman–Crippen LogP) is 3.15. The lowest BCUT2D eigenvalue weighted by atomic mass is 10.3. The Morgan fingerprint density at radius 1 is 1.41 bits per heavy atom. The van der Waals surface area contributed by atoms with Crippen molar-refractivity contribution in [2.45, 2.75) is 13.5 Å². The van der Waals surface area contributed by atoms with Crippen LogP contribution in [-0.4, -0.2) is 14.8 Å². The first kappa shape index (κ1) is 12.4. The molecule has 1 heterocycles. The standard InChI is InChI=1S/C11H12BrClN4/c1-7-15-16-11(17(7)2)6-14-10-4-3-8(12)5-9(10)13/h3-5,14H,6H2,1-2H3. The van der Waals surface area contributed by atoms with Crippen molar-refractivity contribution in [3.05, 3.63) is 39.3 Å². The molecule has 2 aromatic rings. The van der Waals surface area contributed by atoms with Crippen LogP contribution in [0.25, 0.3) is 0 Å². The molecule has 90 valence electrons. The first-order chi connectivity index (χ1) is 8.08. The van der Waals surface area contributed by atoms with Crippen molar-refractivity contribution in [1.82, 2.24) is 14.8 Å². The highest BCUT2D eigenvalue weighted by atomic mass is 79.9. The fraction of sp³-hybridized carbons (Fsp3) is 0.273. The number of hydrogen-bond donors (Lipinski definition) is 1. The molecule has 6 heteroatoms. The minimum atomic E-state index is 0.596. The van der Waals surface area contributed by atoms with E-state index in [1.807, 2.05) is 36.7 Å². The van der Waals surface area contributed by atoms with E-state index in [-0.39, 0.29) is 0 Å². The minimum Gasteiger partial charge on any atom is -0.377 e. The van der Waals surface area contributed by atoms with Crippen molar-refractivity contribution in [2.75, 3.05) is 5.32 Å². The summed E-state index contributed by atoms with van der Waals surface area (Å²) in [7, 11) is 1.94. The van der Waals surface area contributed by atoms with Crippen LogP contribution in [0.15, 0.2) is 22.7 Å². The quantitative estimate of drug-likeness (QED) is 0.946. The van der Waals surface area contributed by atoms with Gasteiger partial charge in [-0.15, -0.1) is 10.2 Å². The van der Waals surface area contributed by atoms with Crippen molar-refractivity contribution in [2.24, 2.45) is 7.05 Å². The maximum Gasteiger partial charge on any atom is 0.152 e. The Hall–Kier alpha value is -1.07. The maximum atomic E-state index is 6.11. The molecule has 0 saturated heterocycles. The molecular formula is C11H12BrClN4. The minimum absolute atomic E-state index is 0.596. The van der Waals surface area contributed by atoms with Gasteiger partial charge in [-0.1, -0.05) is 27.5 Å². The summed E-state index contributed by atoms with van der Waals surface area (Å²) >= 11 is 9.47. The summed E-state index contributed by atoms with van der Waals surface area (Å²) in [5.41, 5.74) is 0.885. The molecule has 0 aliphatic carbocycles. The molecule has 4 nitrogen and oxygen atoms in total. The second-order valence-electron chi connectivity index (χ2n) is 3.70. The van der Waals surface area contributed by atoms with E-state index >= 15 is 0 Å². The fourth-order valence-electron chi connectivity index (χ4n) is 1.41. The molecule has 1 aromatic heterocycles. The number of aromatic nitrogens is 3. The molecule has 0 atom stereocenters. The van der Waals surface area contributed by atoms with E-state index in [1.54, 1.807) is 0 Å². The average molecular weight is 316 g/mol. The molecule has 1 aromatic carbocycles. The van der Waals surface area contributed by atoms with Crippen LogP contribution in [0.2, 0.25) is 5.02 Å². The van der Waals surface area contributed by atoms with E-state index < -0.39 is 0 Å². The molecule has 0 aliphatic rings. The van der Waals surface area contributed by atoms with Gasteiger partial charge in [-0.3, -0.25) is 0 Å². The number of nitrogens with zero attached hydrogens (tertiary/aromatic N) is 3. The van der Waals surface area contributed by atoms with Crippen molar-refractivity contribution >= 4 is 33.2 Å². The molecule has 0 saturated carbocycles. The number of rotatable bonds is 3. The number of halogens is 2. The zero-order valence-electron chi connectivity index (χ0n) is 9.54. The summed E-state index contributed by atoms with van der Waals surface area (Å²) in [5, 5.41) is 12.0. The van der Waals surface area contributed by atoms with Crippen LogP contribution in [-0.2, 0) is 13.6 Å². The summed E-state index contributed by atoms with van der Waals surface area (Å²) in [6.07, 6.45) is 0. The Balaban J connectivity index is 2.10. The summed E-state index contributed by atoms with van der Waals surface area (Å²) in [6.45, 7) is 2.52. The third-order valence-electron chi connectivity index (χ3n) is 2.55. The van der Waals surface area contributed by atoms with Crippen LogP contribution in [0.1, 0.15) is 11.6 Å². The zero-order valence-corrected chi connectivity index (χ0v) is 11.9. The topological polar surface area (TPSA) is 42.7 Å². The average Bonchev–Trinajstić information content (AvgIpc) is 2.59. The number of aryl methyl sites for hydroxylation is 1. The predicted molar refractivity (Wildman–Crippen MR) is 72.2 cm³/mol. The molecule has 0 spiro atoms. The van der Waals surface area contributed by atoms with Gasteiger partial charge in [0, 0.05) is 11.5 Å². The van der Waals surface area contributed by atoms with E-state index in [2.05, 4.69) is 31.4 Å². The van der Waals surface area contributed by atoms with Gasteiger partial charge in [-0.25, -0.2) is 0 Å². The lowest BCUT2D eigenvalue weighted by Crippen LogP contribution is -2.06. The van der Waals surface area contributed by atoms with Crippen molar-refractivity contribution in [1.29, 1.82) is 0 Å². The molecule has 17 heavy (non-hydrogen) atoms. The highest BCUT2D eigenvalue weighted by Gasteiger charge is 2.06. The van der Waals surface area contributed by atoms with Crippen molar-refractivity contribution in [3.63, 3.8) is 0 Å². The van der Waals surface area contributed by atoms with Crippen molar-refractivity contribution < 1.29 is 0 Å². The smallest absolute Gasteiger partial charge is 0.152 e. The Morgan fingerprint density at radius 3 is 2.76 bits per heavy atom. The van der Waals surface area contributed by atoms with Gasteiger partial charge in [-0.2, -0.15) is 0 Å². The molecular weight excluding hydrogens is 304 g/mol. The van der Waals surface area contributed by atoms with Crippen LogP contribution < -0.4 is 5.32 Å². The largest absolute Gasteiger partial charge is 0.377 e. The third kappa shape index (κ3) is 2.79. The number of anilines is 1. The van der Waals surface area contributed by atoms with Crippen LogP contribution in [0.3, 0.4) is 0 Å². The molecule has 0 aliphatic heterocycles. The van der Waals surface area contributed by atoms with Gasteiger partial charge in [0.05, 0.1) is 17.3 Å². The Labute approximate surface area is 113 Å². The second kappa shape index (κ2) is 5.06. The van der Waals surface area contributed by atoms with Crippen LogP contribution >= 0.6 is 27.5 Å². The highest BCUT2D eigenvalue weighted by Crippen LogP contribution is 2.25. The monoisotopic (exact) mass is 314 g/mol.